The number of aromatic nitrogens is 1. The molecule has 0 fully saturated rings. The molecule has 6 rings (SSSR count). The fourth-order valence-electron chi connectivity index (χ4n) is 5.00. The molecule has 0 spiro atoms. The summed E-state index contributed by atoms with van der Waals surface area (Å²) in [5.74, 6) is 0. The highest BCUT2D eigenvalue weighted by atomic mass is 35.7. The van der Waals surface area contributed by atoms with Crippen LogP contribution >= 0.6 is 0 Å². The third-order valence-corrected chi connectivity index (χ3v) is 6.72. The fraction of sp³-hybridized carbons (Fsp3) is 0.0294. The van der Waals surface area contributed by atoms with Crippen molar-refractivity contribution in [1.29, 1.82) is 0 Å². The van der Waals surface area contributed by atoms with Crippen LogP contribution in [0.3, 0.4) is 0 Å². The predicted octanol–water partition coefficient (Wildman–Crippen LogP) is 3.58. The van der Waals surface area contributed by atoms with Crippen molar-refractivity contribution in [2.24, 2.45) is 7.05 Å². The third-order valence-electron chi connectivity index (χ3n) is 6.72. The molecule has 1 aromatic heterocycles. The maximum Gasteiger partial charge on any atom is 0.212 e. The molecule has 6 aromatic rings. The Balaban J connectivity index is 0.000000595. The van der Waals surface area contributed by atoms with Crippen LogP contribution in [0, 0.1) is 10.2 Å². The Labute approximate surface area is 235 Å². The quantitative estimate of drug-likeness (QED) is 0.315. The molecule has 0 saturated heterocycles. The van der Waals surface area contributed by atoms with E-state index >= 15 is 0 Å². The van der Waals surface area contributed by atoms with Gasteiger partial charge in [0.2, 0.25) is 5.52 Å². The summed E-state index contributed by atoms with van der Waals surface area (Å²) < 4.78 is 36.2. The first-order valence-corrected chi connectivity index (χ1v) is 13.9. The lowest BCUT2D eigenvalue weighted by atomic mass is 9.84. The van der Waals surface area contributed by atoms with Crippen molar-refractivity contribution in [3.05, 3.63) is 140 Å². The summed E-state index contributed by atoms with van der Waals surface area (Å²) in [5, 5.41) is 1.25. The number of benzene rings is 5. The van der Waals surface area contributed by atoms with E-state index in [1.807, 2.05) is 0 Å². The summed E-state index contributed by atoms with van der Waals surface area (Å²) in [7, 11) is -2.83. The topological polar surface area (TPSA) is 96.1 Å². The zero-order valence-corrected chi connectivity index (χ0v) is 22.5. The van der Waals surface area contributed by atoms with Crippen molar-refractivity contribution in [3.63, 3.8) is 0 Å². The molecule has 0 N–H and O–H groups in total. The summed E-state index contributed by atoms with van der Waals surface area (Å²) in [5.41, 5.74) is 11.1. The van der Waals surface area contributed by atoms with Gasteiger partial charge in [0.1, 0.15) is 7.05 Å². The number of hydrogen-bond donors (Lipinski definition) is 0. The molecule has 0 unspecified atom stereocenters. The van der Waals surface area contributed by atoms with Gasteiger partial charge in [0.15, 0.2) is 6.20 Å². The third kappa shape index (κ3) is 6.26. The number of aryl methyl sites for hydroxylation is 1. The van der Waals surface area contributed by atoms with Crippen LogP contribution in [0.2, 0.25) is 0 Å². The lowest BCUT2D eigenvalue weighted by Gasteiger charge is -2.19. The first-order valence-electron chi connectivity index (χ1n) is 12.6. The minimum absolute atomic E-state index is 1.22. The van der Waals surface area contributed by atoms with Crippen LogP contribution in [0.1, 0.15) is 0 Å². The van der Waals surface area contributed by atoms with E-state index < -0.39 is 10.2 Å². The maximum absolute atomic E-state index is 8.49. The fourth-order valence-corrected chi connectivity index (χ4v) is 5.00. The standard InChI is InChI=1S/C34H26N.ClHO4/c1-35-22-21-30(29-19-11-12-20-33(29)35)34-31(26-15-7-3-8-16-26)23-28(25-13-5-2-6-14-25)24-32(34)27-17-9-4-10-18-27;2-1(3,4)5/h2-24H,1H3;(H,2,3,4,5)/q+1;/p-1. The molecule has 0 saturated carbocycles. The van der Waals surface area contributed by atoms with Gasteiger partial charge in [-0.15, -0.1) is 10.2 Å². The Morgan fingerprint density at radius 3 is 1.40 bits per heavy atom. The van der Waals surface area contributed by atoms with Gasteiger partial charge in [0, 0.05) is 17.7 Å². The van der Waals surface area contributed by atoms with Crippen LogP contribution in [0.15, 0.2) is 140 Å². The van der Waals surface area contributed by atoms with Gasteiger partial charge in [0.05, 0.1) is 5.39 Å². The number of pyridine rings is 1. The van der Waals surface area contributed by atoms with Gasteiger partial charge < -0.3 is 0 Å². The first-order chi connectivity index (χ1) is 19.3. The zero-order chi connectivity index (χ0) is 28.1. The molecule has 0 atom stereocenters. The highest BCUT2D eigenvalue weighted by molar-refractivity contribution is 6.04. The monoisotopic (exact) mass is 547 g/mol. The van der Waals surface area contributed by atoms with Crippen LogP contribution in [-0.2, 0) is 7.05 Å². The van der Waals surface area contributed by atoms with Crippen LogP contribution in [0.25, 0.3) is 55.4 Å². The van der Waals surface area contributed by atoms with Crippen molar-refractivity contribution >= 4 is 10.9 Å². The van der Waals surface area contributed by atoms with Crippen molar-refractivity contribution < 1.29 is 33.4 Å². The van der Waals surface area contributed by atoms with E-state index in [0.29, 0.717) is 0 Å². The second kappa shape index (κ2) is 11.8. The van der Waals surface area contributed by atoms with Crippen molar-refractivity contribution in [2.45, 2.75) is 0 Å². The van der Waals surface area contributed by atoms with Crippen LogP contribution in [0.5, 0.6) is 0 Å². The van der Waals surface area contributed by atoms with Gasteiger partial charge in [-0.25, -0.2) is 23.2 Å². The molecule has 198 valence electrons. The molecule has 1 heterocycles. The largest absolute Gasteiger partial charge is 0.222 e. The summed E-state index contributed by atoms with van der Waals surface area (Å²) in [6.45, 7) is 0. The molecule has 6 heteroatoms. The average Bonchev–Trinajstić information content (AvgIpc) is 2.98. The molecule has 0 aliphatic carbocycles. The van der Waals surface area contributed by atoms with Gasteiger partial charge in [-0.3, -0.25) is 0 Å². The second-order valence-corrected chi connectivity index (χ2v) is 10.0. The normalized spacial score (nSPS) is 11.1. The molecule has 0 aliphatic rings. The van der Waals surface area contributed by atoms with Crippen LogP contribution < -0.4 is 23.2 Å². The van der Waals surface area contributed by atoms with E-state index in [0.717, 1.165) is 0 Å². The summed E-state index contributed by atoms with van der Waals surface area (Å²) >= 11 is 0. The molecular formula is C34H26ClNO4. The van der Waals surface area contributed by atoms with Crippen molar-refractivity contribution in [3.8, 4) is 44.5 Å². The van der Waals surface area contributed by atoms with Crippen molar-refractivity contribution in [1.82, 2.24) is 0 Å². The van der Waals surface area contributed by atoms with E-state index in [2.05, 4.69) is 151 Å². The van der Waals surface area contributed by atoms with Crippen molar-refractivity contribution in [2.75, 3.05) is 0 Å². The van der Waals surface area contributed by atoms with Gasteiger partial charge in [-0.1, -0.05) is 103 Å². The summed E-state index contributed by atoms with van der Waals surface area (Å²) in [6, 6.07) is 47.9. The Hall–Kier alpha value is -4.36. The summed E-state index contributed by atoms with van der Waals surface area (Å²) in [6.07, 6.45) is 2.17. The smallest absolute Gasteiger partial charge is 0.212 e. The SMILES string of the molecule is C[n+]1ccc(-c2c(-c3ccccc3)cc(-c3ccccc3)cc2-c2ccccc2)c2ccccc21.[O-][Cl+3]([O-])([O-])[O-]. The van der Waals surface area contributed by atoms with Gasteiger partial charge >= 0.3 is 0 Å². The maximum atomic E-state index is 8.49. The van der Waals surface area contributed by atoms with Crippen LogP contribution in [-0.4, -0.2) is 0 Å². The van der Waals surface area contributed by atoms with E-state index in [9.17, 15) is 0 Å². The number of nitrogens with zero attached hydrogens (tertiary/aromatic N) is 1. The van der Waals surface area contributed by atoms with E-state index in [1.54, 1.807) is 0 Å². The molecule has 0 aliphatic heterocycles. The van der Waals surface area contributed by atoms with Gasteiger partial charge in [-0.2, -0.15) is 0 Å². The molecule has 5 aromatic carbocycles. The second-order valence-electron chi connectivity index (χ2n) is 9.28. The minimum Gasteiger partial charge on any atom is -0.222 e. The number of fused-ring (bicyclic) bond motifs is 1. The Kier molecular flexibility index (Phi) is 8.03. The summed E-state index contributed by atoms with van der Waals surface area (Å²) in [4.78, 5) is 0. The van der Waals surface area contributed by atoms with E-state index in [-0.39, 0.29) is 0 Å². The predicted molar refractivity (Wildman–Crippen MR) is 147 cm³/mol. The molecule has 0 bridgehead atoms. The molecular weight excluding hydrogens is 522 g/mol. The molecule has 40 heavy (non-hydrogen) atoms. The molecule has 0 amide bonds. The molecule has 5 nitrogen and oxygen atoms in total. The lowest BCUT2D eigenvalue weighted by Crippen LogP contribution is -2.68. The zero-order valence-electron chi connectivity index (χ0n) is 21.7. The molecule has 0 radical (unpaired) electrons. The highest BCUT2D eigenvalue weighted by Crippen LogP contribution is 2.44. The van der Waals surface area contributed by atoms with Gasteiger partial charge in [0.25, 0.3) is 0 Å². The Morgan fingerprint density at radius 2 is 0.900 bits per heavy atom. The lowest BCUT2D eigenvalue weighted by molar-refractivity contribution is -2.00. The first kappa shape index (κ1) is 27.2. The van der Waals surface area contributed by atoms with Crippen LogP contribution in [0.4, 0.5) is 0 Å². The number of para-hydroxylation sites is 1. The Bertz CT molecular complexity index is 1670. The highest BCUT2D eigenvalue weighted by Gasteiger charge is 2.20. The van der Waals surface area contributed by atoms with E-state index in [1.165, 1.54) is 55.4 Å². The Morgan fingerprint density at radius 1 is 0.475 bits per heavy atom. The number of halogens is 1. The van der Waals surface area contributed by atoms with E-state index in [4.69, 9.17) is 18.6 Å². The van der Waals surface area contributed by atoms with Gasteiger partial charge in [-0.05, 0) is 57.1 Å². The minimum atomic E-state index is -4.94. The number of rotatable bonds is 4. The number of hydrogen-bond acceptors (Lipinski definition) is 4. The average molecular weight is 548 g/mol.